The first kappa shape index (κ1) is 22.6. The Bertz CT molecular complexity index is 1120. The number of aromatic nitrogens is 3. The van der Waals surface area contributed by atoms with Gasteiger partial charge in [-0.3, -0.25) is 9.88 Å². The highest BCUT2D eigenvalue weighted by atomic mass is 79.9. The van der Waals surface area contributed by atoms with Gasteiger partial charge in [0.15, 0.2) is 0 Å². The van der Waals surface area contributed by atoms with Crippen molar-refractivity contribution in [3.8, 4) is 0 Å². The molecule has 32 heavy (non-hydrogen) atoms. The Balaban J connectivity index is 0.00000245. The Morgan fingerprint density at radius 1 is 0.969 bits per heavy atom. The number of benzene rings is 2. The van der Waals surface area contributed by atoms with E-state index < -0.39 is 0 Å². The Morgan fingerprint density at radius 3 is 2.59 bits per heavy atom. The van der Waals surface area contributed by atoms with Crippen LogP contribution in [0.4, 0.5) is 0 Å². The third kappa shape index (κ3) is 4.93. The second kappa shape index (κ2) is 10.4. The minimum atomic E-state index is 0. The van der Waals surface area contributed by atoms with Crippen LogP contribution in [0.1, 0.15) is 47.1 Å². The number of nitrogens with two attached hydrogens (primary N) is 1. The second-order valence-corrected chi connectivity index (χ2v) is 8.42. The van der Waals surface area contributed by atoms with Crippen LogP contribution >= 0.6 is 17.0 Å². The Morgan fingerprint density at radius 2 is 1.78 bits per heavy atom. The van der Waals surface area contributed by atoms with Crippen molar-refractivity contribution in [3.05, 3.63) is 95.1 Å². The molecule has 2 heterocycles. The van der Waals surface area contributed by atoms with E-state index in [1.165, 1.54) is 28.8 Å². The lowest BCUT2D eigenvalue weighted by Gasteiger charge is -2.34. The topological polar surface area (TPSA) is 70.8 Å². The lowest BCUT2D eigenvalue weighted by atomic mass is 9.90. The van der Waals surface area contributed by atoms with Gasteiger partial charge in [0.2, 0.25) is 0 Å². The summed E-state index contributed by atoms with van der Waals surface area (Å²) in [5, 5.41) is 0. The molecule has 1 aliphatic rings. The molecule has 2 aromatic heterocycles. The smallest absolute Gasteiger partial charge is 0.121 e. The molecule has 4 aromatic rings. The number of para-hydroxylation sites is 2. The Hall–Kier alpha value is -2.54. The molecule has 0 bridgehead atoms. The number of aryl methyl sites for hydroxylation is 1. The van der Waals surface area contributed by atoms with Crippen LogP contribution in [0.2, 0.25) is 0 Å². The summed E-state index contributed by atoms with van der Waals surface area (Å²) in [7, 11) is 0. The first-order valence-corrected chi connectivity index (χ1v) is 11.2. The van der Waals surface area contributed by atoms with Crippen molar-refractivity contribution in [2.45, 2.75) is 44.8 Å². The second-order valence-electron chi connectivity index (χ2n) is 8.42. The van der Waals surface area contributed by atoms with E-state index in [4.69, 9.17) is 15.7 Å². The summed E-state index contributed by atoms with van der Waals surface area (Å²) in [5.41, 5.74) is 13.0. The molecule has 5 rings (SSSR count). The fourth-order valence-corrected chi connectivity index (χ4v) is 4.70. The first-order valence-electron chi connectivity index (χ1n) is 11.2. The average molecular weight is 492 g/mol. The zero-order chi connectivity index (χ0) is 21.0. The maximum absolute atomic E-state index is 5.71. The van der Waals surface area contributed by atoms with E-state index in [1.807, 2.05) is 18.3 Å². The van der Waals surface area contributed by atoms with E-state index in [-0.39, 0.29) is 17.0 Å². The maximum atomic E-state index is 5.71. The molecule has 0 radical (unpaired) electrons. The molecule has 1 unspecified atom stereocenters. The van der Waals surface area contributed by atoms with Gasteiger partial charge in [0.25, 0.3) is 0 Å². The van der Waals surface area contributed by atoms with Crippen LogP contribution in [-0.2, 0) is 25.9 Å². The van der Waals surface area contributed by atoms with Gasteiger partial charge in [-0.1, -0.05) is 42.5 Å². The van der Waals surface area contributed by atoms with Crippen LogP contribution < -0.4 is 5.73 Å². The van der Waals surface area contributed by atoms with Gasteiger partial charge in [0, 0.05) is 12.7 Å². The number of rotatable bonds is 7. The van der Waals surface area contributed by atoms with Crippen molar-refractivity contribution < 1.29 is 0 Å². The van der Waals surface area contributed by atoms with E-state index in [0.29, 0.717) is 12.6 Å². The van der Waals surface area contributed by atoms with Gasteiger partial charge in [-0.05, 0) is 67.1 Å². The standard InChI is InChI=1S/C26H29N5.BrH/c27-15-14-19-10-12-20(13-11-19)17-31(18-25-29-22-7-1-2-8-23(22)30-25)24-9-3-5-21-6-4-16-28-26(21)24;/h1-2,4,6-8,10-13,16,24H,3,5,9,14-15,17-18,27H2,(H,29,30);1H. The molecular weight excluding hydrogens is 462 g/mol. The number of fused-ring (bicyclic) bond motifs is 2. The highest BCUT2D eigenvalue weighted by Gasteiger charge is 2.28. The van der Waals surface area contributed by atoms with Crippen molar-refractivity contribution in [3.63, 3.8) is 0 Å². The van der Waals surface area contributed by atoms with Gasteiger partial charge < -0.3 is 10.7 Å². The molecule has 166 valence electrons. The van der Waals surface area contributed by atoms with Crippen molar-refractivity contribution in [1.29, 1.82) is 0 Å². The number of H-pyrrole nitrogens is 1. The van der Waals surface area contributed by atoms with Gasteiger partial charge in [-0.15, -0.1) is 17.0 Å². The quantitative estimate of drug-likeness (QED) is 0.376. The first-order chi connectivity index (χ1) is 15.3. The van der Waals surface area contributed by atoms with Crippen LogP contribution in [-0.4, -0.2) is 26.4 Å². The molecular formula is C26H30BrN5. The third-order valence-electron chi connectivity index (χ3n) is 6.24. The minimum absolute atomic E-state index is 0. The molecule has 1 aliphatic carbocycles. The lowest BCUT2D eigenvalue weighted by Crippen LogP contribution is -2.31. The molecule has 3 N–H and O–H groups in total. The van der Waals surface area contributed by atoms with Gasteiger partial charge in [-0.2, -0.15) is 0 Å². The average Bonchev–Trinajstić information content (AvgIpc) is 3.22. The van der Waals surface area contributed by atoms with Crippen molar-refractivity contribution in [1.82, 2.24) is 19.9 Å². The monoisotopic (exact) mass is 491 g/mol. The van der Waals surface area contributed by atoms with E-state index >= 15 is 0 Å². The third-order valence-corrected chi connectivity index (χ3v) is 6.24. The molecule has 1 atom stereocenters. The molecule has 5 nitrogen and oxygen atoms in total. The fourth-order valence-electron chi connectivity index (χ4n) is 4.70. The van der Waals surface area contributed by atoms with Crippen LogP contribution in [0.3, 0.4) is 0 Å². The number of pyridine rings is 1. The molecule has 0 saturated heterocycles. The Kier molecular flexibility index (Phi) is 7.35. The number of hydrogen-bond acceptors (Lipinski definition) is 4. The van der Waals surface area contributed by atoms with E-state index in [0.717, 1.165) is 49.2 Å². The normalized spacial score (nSPS) is 15.5. The predicted octanol–water partition coefficient (Wildman–Crippen LogP) is 5.12. The number of imidazole rings is 1. The molecule has 0 aliphatic heterocycles. The molecule has 0 saturated carbocycles. The van der Waals surface area contributed by atoms with Crippen molar-refractivity contribution in [2.24, 2.45) is 5.73 Å². The minimum Gasteiger partial charge on any atom is -0.341 e. The van der Waals surface area contributed by atoms with Gasteiger partial charge in [0.1, 0.15) is 5.82 Å². The lowest BCUT2D eigenvalue weighted by molar-refractivity contribution is 0.153. The highest BCUT2D eigenvalue weighted by molar-refractivity contribution is 8.93. The van der Waals surface area contributed by atoms with E-state index in [2.05, 4.69) is 58.4 Å². The van der Waals surface area contributed by atoms with Gasteiger partial charge >= 0.3 is 0 Å². The predicted molar refractivity (Wildman–Crippen MR) is 135 cm³/mol. The summed E-state index contributed by atoms with van der Waals surface area (Å²) in [6.45, 7) is 2.31. The SMILES string of the molecule is Br.NCCc1ccc(CN(Cc2nc3ccccc3[nH]2)C2CCCc3cccnc32)cc1. The molecule has 0 amide bonds. The Labute approximate surface area is 199 Å². The van der Waals surface area contributed by atoms with Crippen LogP contribution in [0.15, 0.2) is 66.9 Å². The number of aromatic amines is 1. The number of halogens is 1. The summed E-state index contributed by atoms with van der Waals surface area (Å²) >= 11 is 0. The van der Waals surface area contributed by atoms with E-state index in [1.54, 1.807) is 0 Å². The molecule has 2 aromatic carbocycles. The van der Waals surface area contributed by atoms with Gasteiger partial charge in [-0.25, -0.2) is 4.98 Å². The summed E-state index contributed by atoms with van der Waals surface area (Å²) in [4.78, 5) is 15.7. The fraction of sp³-hybridized carbons (Fsp3) is 0.308. The zero-order valence-corrected chi connectivity index (χ0v) is 19.9. The highest BCUT2D eigenvalue weighted by Crippen LogP contribution is 2.34. The van der Waals surface area contributed by atoms with Gasteiger partial charge in [0.05, 0.1) is 29.3 Å². The van der Waals surface area contributed by atoms with Crippen LogP contribution in [0.25, 0.3) is 11.0 Å². The van der Waals surface area contributed by atoms with Crippen molar-refractivity contribution >= 4 is 28.0 Å². The summed E-state index contributed by atoms with van der Waals surface area (Å²) in [6.07, 6.45) is 6.28. The maximum Gasteiger partial charge on any atom is 0.121 e. The summed E-state index contributed by atoms with van der Waals surface area (Å²) in [6, 6.07) is 21.7. The molecule has 6 heteroatoms. The van der Waals surface area contributed by atoms with Crippen molar-refractivity contribution in [2.75, 3.05) is 6.54 Å². The van der Waals surface area contributed by atoms with Crippen LogP contribution in [0.5, 0.6) is 0 Å². The largest absolute Gasteiger partial charge is 0.341 e. The molecule has 0 fully saturated rings. The zero-order valence-electron chi connectivity index (χ0n) is 18.2. The number of hydrogen-bond donors (Lipinski definition) is 2. The number of nitrogens with zero attached hydrogens (tertiary/aromatic N) is 3. The van der Waals surface area contributed by atoms with E-state index in [9.17, 15) is 0 Å². The number of nitrogens with one attached hydrogen (secondary N) is 1. The summed E-state index contributed by atoms with van der Waals surface area (Å²) < 4.78 is 0. The molecule has 0 spiro atoms. The van der Waals surface area contributed by atoms with Crippen LogP contribution in [0, 0.1) is 0 Å². The summed E-state index contributed by atoms with van der Waals surface area (Å²) in [5.74, 6) is 1.00.